The first-order valence-corrected chi connectivity index (χ1v) is 9.64. The van der Waals surface area contributed by atoms with Crippen molar-refractivity contribution in [2.75, 3.05) is 31.2 Å². The number of nitrogens with one attached hydrogen (secondary N) is 1. The van der Waals surface area contributed by atoms with E-state index < -0.39 is 49.4 Å². The molecule has 0 aliphatic carbocycles. The van der Waals surface area contributed by atoms with E-state index in [0.717, 1.165) is 0 Å². The van der Waals surface area contributed by atoms with Gasteiger partial charge in [0.1, 0.15) is 0 Å². The molecule has 22 heavy (non-hydrogen) atoms. The van der Waals surface area contributed by atoms with Crippen molar-refractivity contribution in [3.8, 4) is 0 Å². The molecule has 0 aromatic heterocycles. The third-order valence-electron chi connectivity index (χ3n) is 2.44. The van der Waals surface area contributed by atoms with Crippen LogP contribution in [0.25, 0.3) is 0 Å². The van der Waals surface area contributed by atoms with Crippen LogP contribution in [0.15, 0.2) is 24.3 Å². The second kappa shape index (κ2) is 7.54. The second-order valence-electron chi connectivity index (χ2n) is 4.09. The molecule has 9 nitrogen and oxygen atoms in total. The lowest BCUT2D eigenvalue weighted by Crippen LogP contribution is -2.32. The minimum atomic E-state index is -4.85. The zero-order chi connectivity index (χ0) is 16.8. The van der Waals surface area contributed by atoms with Crippen molar-refractivity contribution in [3.63, 3.8) is 0 Å². The molecular weight excluding hydrogens is 336 g/mol. The van der Waals surface area contributed by atoms with Gasteiger partial charge in [0, 0.05) is 17.8 Å². The van der Waals surface area contributed by atoms with Crippen LogP contribution in [0, 0.1) is 0 Å². The molecule has 4 N–H and O–H groups in total. The fourth-order valence-corrected chi connectivity index (χ4v) is 3.83. The fourth-order valence-electron chi connectivity index (χ4n) is 1.34. The van der Waals surface area contributed by atoms with Gasteiger partial charge in [-0.15, -0.1) is 0 Å². The number of nitrogen functional groups attached to an aromatic ring is 1. The van der Waals surface area contributed by atoms with Gasteiger partial charge < -0.3 is 16.2 Å². The number of aliphatic hydroxyl groups excluding tert-OH is 1. The summed E-state index contributed by atoms with van der Waals surface area (Å²) in [5, 5.41) is 10.7. The average Bonchev–Trinajstić information content (AvgIpc) is 2.45. The molecule has 0 aliphatic heterocycles. The largest absolute Gasteiger partial charge is 0.399 e. The SMILES string of the molecule is Nc1ccc(C(=O)NCCS(=O)(=O)S(=O)(=O)OCCO)cc1. The lowest BCUT2D eigenvalue weighted by atomic mass is 10.2. The van der Waals surface area contributed by atoms with Crippen LogP contribution >= 0.6 is 0 Å². The number of hydrogen-bond donors (Lipinski definition) is 3. The van der Waals surface area contributed by atoms with Crippen molar-refractivity contribution in [1.82, 2.24) is 5.32 Å². The Balaban J connectivity index is 2.59. The van der Waals surface area contributed by atoms with Crippen molar-refractivity contribution in [2.45, 2.75) is 0 Å². The van der Waals surface area contributed by atoms with E-state index in [2.05, 4.69) is 9.50 Å². The molecule has 0 aliphatic rings. The van der Waals surface area contributed by atoms with Crippen molar-refractivity contribution < 1.29 is 30.9 Å². The molecular formula is C11H16N2O7S2. The number of hydrogen-bond acceptors (Lipinski definition) is 8. The Labute approximate surface area is 127 Å². The second-order valence-corrected chi connectivity index (χ2v) is 9.42. The van der Waals surface area contributed by atoms with Gasteiger partial charge in [-0.05, 0) is 24.3 Å². The highest BCUT2D eigenvalue weighted by Gasteiger charge is 2.30. The van der Waals surface area contributed by atoms with Crippen LogP contribution in [0.3, 0.4) is 0 Å². The zero-order valence-electron chi connectivity index (χ0n) is 11.4. The van der Waals surface area contributed by atoms with Crippen LogP contribution < -0.4 is 11.1 Å². The van der Waals surface area contributed by atoms with Gasteiger partial charge >= 0.3 is 9.15 Å². The molecule has 0 unspecified atom stereocenters. The minimum absolute atomic E-state index is 0.256. The molecule has 11 heteroatoms. The molecule has 0 heterocycles. The summed E-state index contributed by atoms with van der Waals surface area (Å²) in [6.07, 6.45) is 0. The number of amides is 1. The first kappa shape index (κ1) is 18.4. The Morgan fingerprint density at radius 3 is 2.32 bits per heavy atom. The van der Waals surface area contributed by atoms with Crippen LogP contribution in [0.2, 0.25) is 0 Å². The Hall–Kier alpha value is -1.69. The maximum atomic E-state index is 11.7. The van der Waals surface area contributed by atoms with E-state index in [-0.39, 0.29) is 5.56 Å². The predicted molar refractivity (Wildman–Crippen MR) is 78.9 cm³/mol. The van der Waals surface area contributed by atoms with Crippen molar-refractivity contribution in [2.24, 2.45) is 0 Å². The summed E-state index contributed by atoms with van der Waals surface area (Å²) in [6, 6.07) is 5.89. The van der Waals surface area contributed by atoms with Crippen LogP contribution in [-0.2, 0) is 22.2 Å². The molecule has 1 aromatic carbocycles. The summed E-state index contributed by atoms with van der Waals surface area (Å²) < 4.78 is 49.9. The summed E-state index contributed by atoms with van der Waals surface area (Å²) in [5.74, 6) is -1.41. The molecule has 0 fully saturated rings. The number of carbonyl (C=O) groups excluding carboxylic acids is 1. The van der Waals surface area contributed by atoms with E-state index in [1.54, 1.807) is 0 Å². The van der Waals surface area contributed by atoms with Gasteiger partial charge in [-0.25, -0.2) is 8.42 Å². The summed E-state index contributed by atoms with van der Waals surface area (Å²) in [6.45, 7) is -1.70. The number of rotatable bonds is 8. The number of anilines is 1. The normalized spacial score (nSPS) is 12.0. The Kier molecular flexibility index (Phi) is 6.29. The Bertz CT molecular complexity index is 711. The van der Waals surface area contributed by atoms with Crippen LogP contribution in [0.5, 0.6) is 0 Å². The average molecular weight is 352 g/mol. The molecule has 0 saturated carbocycles. The molecule has 1 aromatic rings. The van der Waals surface area contributed by atoms with Gasteiger partial charge in [0.25, 0.3) is 14.8 Å². The lowest BCUT2D eigenvalue weighted by molar-refractivity contribution is 0.0956. The van der Waals surface area contributed by atoms with E-state index in [1.165, 1.54) is 24.3 Å². The Morgan fingerprint density at radius 1 is 1.18 bits per heavy atom. The van der Waals surface area contributed by atoms with Gasteiger partial charge in [-0.2, -0.15) is 8.42 Å². The predicted octanol–water partition coefficient (Wildman–Crippen LogP) is -1.33. The van der Waals surface area contributed by atoms with E-state index in [0.29, 0.717) is 5.69 Å². The molecule has 1 amide bonds. The van der Waals surface area contributed by atoms with Crippen molar-refractivity contribution in [1.29, 1.82) is 0 Å². The smallest absolute Gasteiger partial charge is 0.375 e. The van der Waals surface area contributed by atoms with E-state index in [9.17, 15) is 21.6 Å². The lowest BCUT2D eigenvalue weighted by Gasteiger charge is -2.07. The highest BCUT2D eigenvalue weighted by atomic mass is 33.2. The van der Waals surface area contributed by atoms with Crippen LogP contribution in [-0.4, -0.2) is 53.4 Å². The molecule has 0 spiro atoms. The van der Waals surface area contributed by atoms with Crippen LogP contribution in [0.4, 0.5) is 5.69 Å². The van der Waals surface area contributed by atoms with Crippen molar-refractivity contribution >= 4 is 29.6 Å². The van der Waals surface area contributed by atoms with Gasteiger partial charge in [-0.1, -0.05) is 0 Å². The quantitative estimate of drug-likeness (QED) is 0.384. The molecule has 124 valence electrons. The first-order valence-electron chi connectivity index (χ1n) is 6.06. The number of aliphatic hydroxyl groups is 1. The maximum Gasteiger partial charge on any atom is 0.375 e. The summed E-state index contributed by atoms with van der Waals surface area (Å²) in [5.41, 5.74) is 6.18. The first-order chi connectivity index (χ1) is 10.2. The van der Waals surface area contributed by atoms with Gasteiger partial charge in [-0.3, -0.25) is 8.98 Å². The monoisotopic (exact) mass is 352 g/mol. The summed E-state index contributed by atoms with van der Waals surface area (Å²) in [4.78, 5) is 11.7. The molecule has 0 atom stereocenters. The number of benzene rings is 1. The number of carbonyl (C=O) groups is 1. The highest BCUT2D eigenvalue weighted by Crippen LogP contribution is 2.07. The maximum absolute atomic E-state index is 11.7. The third-order valence-corrected chi connectivity index (χ3v) is 6.88. The number of nitrogens with two attached hydrogens (primary N) is 1. The van der Waals surface area contributed by atoms with E-state index in [4.69, 9.17) is 10.8 Å². The van der Waals surface area contributed by atoms with E-state index >= 15 is 0 Å². The summed E-state index contributed by atoms with van der Waals surface area (Å²) >= 11 is 0. The molecule has 0 radical (unpaired) electrons. The fraction of sp³-hybridized carbons (Fsp3) is 0.364. The van der Waals surface area contributed by atoms with Crippen LogP contribution in [0.1, 0.15) is 10.4 Å². The Morgan fingerprint density at radius 2 is 1.77 bits per heavy atom. The van der Waals surface area contributed by atoms with Gasteiger partial charge in [0.2, 0.25) is 0 Å². The highest BCUT2D eigenvalue weighted by molar-refractivity contribution is 8.65. The molecule has 0 saturated heterocycles. The topological polar surface area (TPSA) is 153 Å². The van der Waals surface area contributed by atoms with E-state index in [1.807, 2.05) is 0 Å². The third kappa shape index (κ3) is 4.94. The zero-order valence-corrected chi connectivity index (χ0v) is 13.1. The standard InChI is InChI=1S/C11H16N2O7S2/c12-10-3-1-9(2-4-10)11(15)13-5-8-21(16,17)22(18,19)20-7-6-14/h1-4,14H,5-8,12H2,(H,13,15). The minimum Gasteiger partial charge on any atom is -0.399 e. The molecule has 1 rings (SSSR count). The molecule has 0 bridgehead atoms. The summed E-state index contributed by atoms with van der Waals surface area (Å²) in [7, 11) is -9.46. The van der Waals surface area contributed by atoms with Gasteiger partial charge in [0.15, 0.2) is 0 Å². The van der Waals surface area contributed by atoms with Gasteiger partial charge in [0.05, 0.1) is 19.0 Å². The van der Waals surface area contributed by atoms with Crippen molar-refractivity contribution in [3.05, 3.63) is 29.8 Å².